The molecule has 4 rings (SSSR count). The molecular formula is C17H12BrFN6OS2. The number of hydrogen-bond donors (Lipinski definition) is 2. The van der Waals surface area contributed by atoms with Crippen LogP contribution >= 0.6 is 39.0 Å². The van der Waals surface area contributed by atoms with Crippen LogP contribution in [0.25, 0.3) is 21.6 Å². The molecule has 0 radical (unpaired) electrons. The van der Waals surface area contributed by atoms with Crippen LogP contribution in [0.3, 0.4) is 0 Å². The summed E-state index contributed by atoms with van der Waals surface area (Å²) in [5.74, 6) is 6.04. The molecule has 0 aliphatic heterocycles. The van der Waals surface area contributed by atoms with Gasteiger partial charge in [0, 0.05) is 10.0 Å². The number of halogens is 2. The molecule has 0 fully saturated rings. The van der Waals surface area contributed by atoms with Crippen molar-refractivity contribution in [3.05, 3.63) is 52.8 Å². The zero-order valence-corrected chi connectivity index (χ0v) is 17.3. The molecule has 4 aromatic rings. The van der Waals surface area contributed by atoms with E-state index in [4.69, 9.17) is 5.84 Å². The highest BCUT2D eigenvalue weighted by Gasteiger charge is 2.16. The Morgan fingerprint density at radius 2 is 2.11 bits per heavy atom. The van der Waals surface area contributed by atoms with Crippen molar-refractivity contribution in [2.24, 2.45) is 0 Å². The van der Waals surface area contributed by atoms with Crippen LogP contribution in [0.4, 0.5) is 9.52 Å². The first-order valence-electron chi connectivity index (χ1n) is 7.95. The zero-order chi connectivity index (χ0) is 19.7. The van der Waals surface area contributed by atoms with E-state index in [2.05, 4.69) is 36.4 Å². The molecule has 7 nitrogen and oxygen atoms in total. The first-order chi connectivity index (χ1) is 13.5. The van der Waals surface area contributed by atoms with Crippen LogP contribution in [0.5, 0.6) is 0 Å². The molecule has 3 N–H and O–H groups in total. The summed E-state index contributed by atoms with van der Waals surface area (Å²) in [6, 6.07) is 11.8. The summed E-state index contributed by atoms with van der Waals surface area (Å²) in [5, 5.41) is 11.7. The zero-order valence-electron chi connectivity index (χ0n) is 14.1. The van der Waals surface area contributed by atoms with Gasteiger partial charge in [-0.2, -0.15) is 0 Å². The van der Waals surface area contributed by atoms with Crippen LogP contribution < -0.4 is 11.2 Å². The molecule has 2 heterocycles. The number of benzene rings is 2. The van der Waals surface area contributed by atoms with Gasteiger partial charge in [0.05, 0.1) is 16.0 Å². The topological polar surface area (TPSA) is 98.7 Å². The second-order valence-corrected chi connectivity index (χ2v) is 8.45. The standard InChI is InChI=1S/C17H12BrFN6OS2/c18-11-4-2-1-3-10(11)15-23-24-17(25(15)20)27-8-14(26)22-16-21-12-6-5-9(19)7-13(12)28-16/h1-7H,8,20H2,(H,21,22,26). The first-order valence-corrected chi connectivity index (χ1v) is 10.5. The van der Waals surface area contributed by atoms with Crippen LogP contribution in [0.1, 0.15) is 0 Å². The van der Waals surface area contributed by atoms with Gasteiger partial charge in [0.2, 0.25) is 11.1 Å². The van der Waals surface area contributed by atoms with E-state index in [1.165, 1.54) is 28.1 Å². The maximum absolute atomic E-state index is 13.3. The van der Waals surface area contributed by atoms with Gasteiger partial charge in [0.25, 0.3) is 0 Å². The number of carbonyl (C=O) groups is 1. The Morgan fingerprint density at radius 1 is 1.29 bits per heavy atom. The Morgan fingerprint density at radius 3 is 2.93 bits per heavy atom. The molecule has 28 heavy (non-hydrogen) atoms. The molecule has 0 aliphatic carbocycles. The molecular weight excluding hydrogens is 467 g/mol. The first kappa shape index (κ1) is 18.8. The quantitative estimate of drug-likeness (QED) is 0.333. The van der Waals surface area contributed by atoms with Crippen LogP contribution in [0, 0.1) is 5.82 Å². The highest BCUT2D eigenvalue weighted by atomic mass is 79.9. The molecule has 0 atom stereocenters. The number of rotatable bonds is 5. The normalized spacial score (nSPS) is 11.1. The van der Waals surface area contributed by atoms with E-state index in [1.807, 2.05) is 24.3 Å². The van der Waals surface area contributed by atoms with Crippen molar-refractivity contribution in [3.8, 4) is 11.4 Å². The van der Waals surface area contributed by atoms with Crippen LogP contribution in [0.2, 0.25) is 0 Å². The molecule has 2 aromatic heterocycles. The highest BCUT2D eigenvalue weighted by molar-refractivity contribution is 9.10. The number of nitrogens with one attached hydrogen (secondary N) is 1. The Balaban J connectivity index is 1.43. The molecule has 0 spiro atoms. The van der Waals surface area contributed by atoms with Gasteiger partial charge in [-0.25, -0.2) is 14.1 Å². The van der Waals surface area contributed by atoms with Crippen molar-refractivity contribution in [1.29, 1.82) is 0 Å². The minimum Gasteiger partial charge on any atom is -0.335 e. The average molecular weight is 479 g/mol. The Bertz CT molecular complexity index is 1180. The van der Waals surface area contributed by atoms with E-state index >= 15 is 0 Å². The molecule has 0 unspecified atom stereocenters. The predicted octanol–water partition coefficient (Wildman–Crippen LogP) is 3.90. The van der Waals surface area contributed by atoms with Crippen LogP contribution in [0.15, 0.2) is 52.1 Å². The predicted molar refractivity (Wildman–Crippen MR) is 112 cm³/mol. The van der Waals surface area contributed by atoms with Crippen molar-refractivity contribution in [3.63, 3.8) is 0 Å². The van der Waals surface area contributed by atoms with E-state index < -0.39 is 0 Å². The number of aromatic nitrogens is 4. The molecule has 0 saturated heterocycles. The van der Waals surface area contributed by atoms with E-state index in [-0.39, 0.29) is 17.5 Å². The average Bonchev–Trinajstić information content (AvgIpc) is 3.23. The number of thiazole rings is 1. The fraction of sp³-hybridized carbons (Fsp3) is 0.0588. The Kier molecular flexibility index (Phi) is 5.29. The van der Waals surface area contributed by atoms with Gasteiger partial charge in [-0.1, -0.05) is 51.2 Å². The summed E-state index contributed by atoms with van der Waals surface area (Å²) in [7, 11) is 0. The summed E-state index contributed by atoms with van der Waals surface area (Å²) in [5.41, 5.74) is 1.43. The molecule has 11 heteroatoms. The van der Waals surface area contributed by atoms with Gasteiger partial charge >= 0.3 is 0 Å². The third kappa shape index (κ3) is 3.86. The molecule has 0 bridgehead atoms. The van der Waals surface area contributed by atoms with Crippen molar-refractivity contribution in [1.82, 2.24) is 19.9 Å². The number of nitrogens with zero attached hydrogens (tertiary/aromatic N) is 4. The lowest BCUT2D eigenvalue weighted by atomic mass is 10.2. The van der Waals surface area contributed by atoms with Crippen molar-refractivity contribution < 1.29 is 9.18 Å². The monoisotopic (exact) mass is 478 g/mol. The lowest BCUT2D eigenvalue weighted by Gasteiger charge is -2.05. The van der Waals surface area contributed by atoms with Crippen molar-refractivity contribution in [2.45, 2.75) is 5.16 Å². The van der Waals surface area contributed by atoms with Crippen LogP contribution in [-0.2, 0) is 4.79 Å². The second-order valence-electron chi connectivity index (χ2n) is 5.62. The smallest absolute Gasteiger partial charge is 0.236 e. The molecule has 1 amide bonds. The number of amides is 1. The van der Waals surface area contributed by atoms with E-state index in [1.54, 1.807) is 6.07 Å². The van der Waals surface area contributed by atoms with Crippen LogP contribution in [-0.4, -0.2) is 31.5 Å². The van der Waals surface area contributed by atoms with E-state index in [0.29, 0.717) is 26.3 Å². The maximum Gasteiger partial charge on any atom is 0.236 e. The fourth-order valence-corrected chi connectivity index (χ4v) is 4.46. The number of carbonyl (C=O) groups excluding carboxylic acids is 1. The Labute approximate surface area is 175 Å². The van der Waals surface area contributed by atoms with Gasteiger partial charge in [0.1, 0.15) is 5.82 Å². The molecule has 0 saturated carbocycles. The second kappa shape index (κ2) is 7.86. The van der Waals surface area contributed by atoms with E-state index in [9.17, 15) is 9.18 Å². The number of nitrogen functional groups attached to an aromatic ring is 1. The number of anilines is 1. The number of thioether (sulfide) groups is 1. The summed E-state index contributed by atoms with van der Waals surface area (Å²) < 4.78 is 16.1. The van der Waals surface area contributed by atoms with Gasteiger partial charge in [0.15, 0.2) is 11.0 Å². The van der Waals surface area contributed by atoms with Gasteiger partial charge in [-0.3, -0.25) is 4.79 Å². The van der Waals surface area contributed by atoms with Crippen molar-refractivity contribution >= 4 is 60.3 Å². The fourth-order valence-electron chi connectivity index (χ4n) is 2.44. The Hall–Kier alpha value is -2.50. The lowest BCUT2D eigenvalue weighted by Crippen LogP contribution is -2.16. The van der Waals surface area contributed by atoms with Gasteiger partial charge < -0.3 is 11.2 Å². The van der Waals surface area contributed by atoms with E-state index in [0.717, 1.165) is 21.8 Å². The summed E-state index contributed by atoms with van der Waals surface area (Å²) >= 11 is 5.83. The number of hydrogen-bond acceptors (Lipinski definition) is 7. The molecule has 142 valence electrons. The number of fused-ring (bicyclic) bond motifs is 1. The lowest BCUT2D eigenvalue weighted by molar-refractivity contribution is -0.113. The molecule has 0 aliphatic rings. The van der Waals surface area contributed by atoms with Gasteiger partial charge in [-0.15, -0.1) is 10.2 Å². The minimum atomic E-state index is -0.340. The third-order valence-corrected chi connectivity index (χ3v) is 6.28. The number of nitrogens with two attached hydrogens (primary N) is 1. The summed E-state index contributed by atoms with van der Waals surface area (Å²) in [6.45, 7) is 0. The minimum absolute atomic E-state index is 0.0789. The maximum atomic E-state index is 13.3. The summed E-state index contributed by atoms with van der Waals surface area (Å²) in [4.78, 5) is 16.5. The molecule has 2 aromatic carbocycles. The highest BCUT2D eigenvalue weighted by Crippen LogP contribution is 2.29. The summed E-state index contributed by atoms with van der Waals surface area (Å²) in [6.07, 6.45) is 0. The van der Waals surface area contributed by atoms with Crippen molar-refractivity contribution in [2.75, 3.05) is 16.9 Å². The van der Waals surface area contributed by atoms with Gasteiger partial charge in [-0.05, 0) is 30.3 Å². The SMILES string of the molecule is Nn1c(SCC(=O)Nc2nc3ccc(F)cc3s2)nnc1-c1ccccc1Br. The third-order valence-electron chi connectivity index (χ3n) is 3.71. The largest absolute Gasteiger partial charge is 0.335 e.